The number of ether oxygens (including phenoxy) is 1. The number of nitrogens with two attached hydrogens (primary N) is 1. The molecule has 6 nitrogen and oxygen atoms in total. The fourth-order valence-corrected chi connectivity index (χ4v) is 2.98. The van der Waals surface area contributed by atoms with Crippen molar-refractivity contribution >= 4 is 11.8 Å². The van der Waals surface area contributed by atoms with Gasteiger partial charge in [0.05, 0.1) is 6.10 Å². The second-order valence-electron chi connectivity index (χ2n) is 5.89. The van der Waals surface area contributed by atoms with E-state index in [1.165, 1.54) is 0 Å². The molecule has 0 spiro atoms. The highest BCUT2D eigenvalue weighted by atomic mass is 16.5. The third-order valence-electron chi connectivity index (χ3n) is 4.24. The first-order chi connectivity index (χ1) is 9.52. The number of likely N-dealkylation sites (tertiary alicyclic amines) is 1. The molecule has 2 aliphatic rings. The zero-order valence-corrected chi connectivity index (χ0v) is 12.4. The van der Waals surface area contributed by atoms with Crippen LogP contribution >= 0.6 is 0 Å². The number of hydrogen-bond acceptors (Lipinski definition) is 4. The zero-order valence-electron chi connectivity index (χ0n) is 12.4. The van der Waals surface area contributed by atoms with Crippen molar-refractivity contribution < 1.29 is 14.3 Å². The van der Waals surface area contributed by atoms with E-state index < -0.39 is 0 Å². The Labute approximate surface area is 120 Å². The summed E-state index contributed by atoms with van der Waals surface area (Å²) in [5.74, 6) is 0.282. The van der Waals surface area contributed by atoms with Crippen LogP contribution in [0.5, 0.6) is 0 Å². The Balaban J connectivity index is 1.82. The SMILES string of the molecule is CN(C)C(=O)C1CCN(C(=O)C2CCC(CN)O2)CC1. The summed E-state index contributed by atoms with van der Waals surface area (Å²) in [7, 11) is 3.55. The second-order valence-corrected chi connectivity index (χ2v) is 5.89. The molecule has 2 rings (SSSR count). The maximum atomic E-state index is 12.3. The predicted octanol–water partition coefficient (Wildman–Crippen LogP) is -0.180. The zero-order chi connectivity index (χ0) is 14.7. The molecule has 2 fully saturated rings. The van der Waals surface area contributed by atoms with E-state index in [2.05, 4.69) is 0 Å². The van der Waals surface area contributed by atoms with Gasteiger partial charge in [0.25, 0.3) is 5.91 Å². The predicted molar refractivity (Wildman–Crippen MR) is 74.9 cm³/mol. The maximum absolute atomic E-state index is 12.3. The summed E-state index contributed by atoms with van der Waals surface area (Å²) >= 11 is 0. The van der Waals surface area contributed by atoms with E-state index in [-0.39, 0.29) is 29.9 Å². The van der Waals surface area contributed by atoms with Crippen LogP contribution in [0.25, 0.3) is 0 Å². The molecule has 0 aromatic heterocycles. The van der Waals surface area contributed by atoms with E-state index in [0.717, 1.165) is 25.7 Å². The highest BCUT2D eigenvalue weighted by molar-refractivity contribution is 5.82. The van der Waals surface area contributed by atoms with Gasteiger partial charge in [0, 0.05) is 39.6 Å². The second kappa shape index (κ2) is 6.54. The summed E-state index contributed by atoms with van der Waals surface area (Å²) in [6.45, 7) is 1.77. The van der Waals surface area contributed by atoms with Crippen molar-refractivity contribution in [3.05, 3.63) is 0 Å². The van der Waals surface area contributed by atoms with Crippen molar-refractivity contribution in [3.63, 3.8) is 0 Å². The van der Waals surface area contributed by atoms with E-state index in [9.17, 15) is 9.59 Å². The van der Waals surface area contributed by atoms with Crippen LogP contribution in [0, 0.1) is 5.92 Å². The molecule has 0 aromatic rings. The molecular formula is C14H25N3O3. The number of nitrogens with zero attached hydrogens (tertiary/aromatic N) is 2. The van der Waals surface area contributed by atoms with E-state index in [4.69, 9.17) is 10.5 Å². The molecule has 20 heavy (non-hydrogen) atoms. The van der Waals surface area contributed by atoms with Crippen LogP contribution in [0.1, 0.15) is 25.7 Å². The number of hydrogen-bond donors (Lipinski definition) is 1. The number of piperidine rings is 1. The molecule has 0 aromatic carbocycles. The number of amides is 2. The van der Waals surface area contributed by atoms with Crippen molar-refractivity contribution in [1.82, 2.24) is 9.80 Å². The molecule has 0 aliphatic carbocycles. The summed E-state index contributed by atoms with van der Waals surface area (Å²) in [6.07, 6.45) is 2.81. The van der Waals surface area contributed by atoms with Crippen LogP contribution < -0.4 is 5.73 Å². The average Bonchev–Trinajstić information content (AvgIpc) is 2.94. The van der Waals surface area contributed by atoms with Crippen molar-refractivity contribution in [2.75, 3.05) is 33.7 Å². The summed E-state index contributed by atoms with van der Waals surface area (Å²) in [5, 5.41) is 0. The third kappa shape index (κ3) is 3.30. The lowest BCUT2D eigenvalue weighted by Crippen LogP contribution is -2.46. The number of rotatable bonds is 3. The first-order valence-electron chi connectivity index (χ1n) is 7.38. The van der Waals surface area contributed by atoms with Crippen LogP contribution in [0.4, 0.5) is 0 Å². The Hall–Kier alpha value is -1.14. The Bertz CT molecular complexity index is 365. The van der Waals surface area contributed by atoms with Gasteiger partial charge in [0.15, 0.2) is 0 Å². The molecule has 2 saturated heterocycles. The lowest BCUT2D eigenvalue weighted by molar-refractivity contribution is -0.146. The molecule has 0 radical (unpaired) electrons. The largest absolute Gasteiger partial charge is 0.364 e. The Morgan fingerprint density at radius 1 is 1.20 bits per heavy atom. The molecule has 0 bridgehead atoms. The molecule has 0 saturated carbocycles. The van der Waals surface area contributed by atoms with E-state index in [1.807, 2.05) is 4.90 Å². The van der Waals surface area contributed by atoms with Crippen LogP contribution in [0.2, 0.25) is 0 Å². The van der Waals surface area contributed by atoms with Crippen LogP contribution in [-0.4, -0.2) is 67.6 Å². The van der Waals surface area contributed by atoms with Crippen LogP contribution in [0.15, 0.2) is 0 Å². The van der Waals surface area contributed by atoms with Gasteiger partial charge in [-0.25, -0.2) is 0 Å². The van der Waals surface area contributed by atoms with Gasteiger partial charge >= 0.3 is 0 Å². The summed E-state index contributed by atoms with van der Waals surface area (Å²) in [5.41, 5.74) is 5.56. The van der Waals surface area contributed by atoms with E-state index in [0.29, 0.717) is 19.6 Å². The molecule has 2 atom stereocenters. The van der Waals surface area contributed by atoms with Crippen molar-refractivity contribution in [2.24, 2.45) is 11.7 Å². The minimum Gasteiger partial charge on any atom is -0.364 e. The monoisotopic (exact) mass is 283 g/mol. The van der Waals surface area contributed by atoms with Gasteiger partial charge in [0.1, 0.15) is 6.10 Å². The highest BCUT2D eigenvalue weighted by Gasteiger charge is 2.35. The lowest BCUT2D eigenvalue weighted by atomic mass is 9.95. The van der Waals surface area contributed by atoms with E-state index in [1.54, 1.807) is 19.0 Å². The van der Waals surface area contributed by atoms with Gasteiger partial charge in [-0.15, -0.1) is 0 Å². The van der Waals surface area contributed by atoms with Gasteiger partial charge in [-0.1, -0.05) is 0 Å². The van der Waals surface area contributed by atoms with E-state index >= 15 is 0 Å². The van der Waals surface area contributed by atoms with Crippen LogP contribution in [-0.2, 0) is 14.3 Å². The van der Waals surface area contributed by atoms with Crippen molar-refractivity contribution in [2.45, 2.75) is 37.9 Å². The highest BCUT2D eigenvalue weighted by Crippen LogP contribution is 2.24. The molecule has 2 unspecified atom stereocenters. The first-order valence-corrected chi connectivity index (χ1v) is 7.38. The Morgan fingerprint density at radius 2 is 1.85 bits per heavy atom. The average molecular weight is 283 g/mol. The number of carbonyl (C=O) groups excluding carboxylic acids is 2. The van der Waals surface area contributed by atoms with Crippen molar-refractivity contribution in [3.8, 4) is 0 Å². The minimum absolute atomic E-state index is 0.0248. The van der Waals surface area contributed by atoms with Gasteiger partial charge in [-0.2, -0.15) is 0 Å². The van der Waals surface area contributed by atoms with Gasteiger partial charge < -0.3 is 20.3 Å². The normalized spacial score (nSPS) is 27.6. The molecule has 2 amide bonds. The summed E-state index contributed by atoms with van der Waals surface area (Å²) < 4.78 is 5.65. The summed E-state index contributed by atoms with van der Waals surface area (Å²) in [6, 6.07) is 0. The molecule has 114 valence electrons. The Kier molecular flexibility index (Phi) is 4.99. The fraction of sp³-hybridized carbons (Fsp3) is 0.857. The van der Waals surface area contributed by atoms with Gasteiger partial charge in [-0.3, -0.25) is 9.59 Å². The molecule has 2 heterocycles. The number of carbonyl (C=O) groups is 2. The first kappa shape index (κ1) is 15.3. The lowest BCUT2D eigenvalue weighted by Gasteiger charge is -2.33. The molecule has 6 heteroatoms. The van der Waals surface area contributed by atoms with Gasteiger partial charge in [0.2, 0.25) is 5.91 Å². The van der Waals surface area contributed by atoms with Gasteiger partial charge in [-0.05, 0) is 25.7 Å². The molecular weight excluding hydrogens is 258 g/mol. The summed E-state index contributed by atoms with van der Waals surface area (Å²) in [4.78, 5) is 27.7. The molecule has 2 N–H and O–H groups in total. The topological polar surface area (TPSA) is 75.9 Å². The molecule has 2 aliphatic heterocycles. The fourth-order valence-electron chi connectivity index (χ4n) is 2.98. The minimum atomic E-state index is -0.329. The maximum Gasteiger partial charge on any atom is 0.251 e. The quantitative estimate of drug-likeness (QED) is 0.779. The van der Waals surface area contributed by atoms with Crippen LogP contribution in [0.3, 0.4) is 0 Å². The smallest absolute Gasteiger partial charge is 0.251 e. The third-order valence-corrected chi connectivity index (χ3v) is 4.24. The standard InChI is InChI=1S/C14H25N3O3/c1-16(2)13(18)10-5-7-17(8-6-10)14(19)12-4-3-11(9-15)20-12/h10-12H,3-9,15H2,1-2H3. The van der Waals surface area contributed by atoms with Crippen molar-refractivity contribution in [1.29, 1.82) is 0 Å². The Morgan fingerprint density at radius 3 is 2.35 bits per heavy atom.